The first kappa shape index (κ1) is 59.6. The Morgan fingerprint density at radius 3 is 1.18 bits per heavy atom. The first-order valence-corrected chi connectivity index (χ1v) is 32.8. The molecule has 8 aliphatic carbocycles. The fourth-order valence-electron chi connectivity index (χ4n) is 21.2. The maximum atomic E-state index is 13.7. The number of esters is 2. The van der Waals surface area contributed by atoms with Crippen LogP contribution in [0, 0.1) is 92.7 Å². The number of benzene rings is 4. The zero-order valence-corrected chi connectivity index (χ0v) is 50.8. The molecule has 22 atom stereocenters. The molecule has 8 aliphatic rings. The maximum Gasteiger partial charge on any atom is 0.311 e. The molecular formula is C74H96O10. The van der Waals surface area contributed by atoms with Crippen molar-refractivity contribution in [3.63, 3.8) is 0 Å². The number of fused-ring (bicyclic) bond motifs is 10. The quantitative estimate of drug-likeness (QED) is 0.0405. The van der Waals surface area contributed by atoms with E-state index in [9.17, 15) is 40.2 Å². The highest BCUT2D eigenvalue weighted by molar-refractivity contribution is 6.04. The highest BCUT2D eigenvalue weighted by Gasteiger charge is 2.67. The van der Waals surface area contributed by atoms with E-state index in [-0.39, 0.29) is 130 Å². The minimum atomic E-state index is -0.477. The van der Waals surface area contributed by atoms with Crippen molar-refractivity contribution in [2.24, 2.45) is 92.7 Å². The predicted molar refractivity (Wildman–Crippen MR) is 327 cm³/mol. The summed E-state index contributed by atoms with van der Waals surface area (Å²) in [4.78, 5) is 27.4. The molecule has 0 saturated heterocycles. The lowest BCUT2D eigenvalue weighted by Gasteiger charge is -2.63. The third-order valence-electron chi connectivity index (χ3n) is 25.8. The molecule has 0 aliphatic heterocycles. The van der Waals surface area contributed by atoms with Crippen LogP contribution in [0.1, 0.15) is 179 Å². The van der Waals surface area contributed by atoms with Gasteiger partial charge in [-0.1, -0.05) is 126 Å². The van der Waals surface area contributed by atoms with Crippen molar-refractivity contribution in [2.75, 3.05) is 0 Å². The minimum Gasteiger partial charge on any atom is -0.427 e. The molecule has 10 nitrogen and oxygen atoms in total. The molecule has 0 bridgehead atoms. The molecule has 0 aromatic heterocycles. The van der Waals surface area contributed by atoms with Crippen LogP contribution in [0.15, 0.2) is 109 Å². The smallest absolute Gasteiger partial charge is 0.311 e. The van der Waals surface area contributed by atoms with Gasteiger partial charge in [-0.15, -0.1) is 0 Å². The summed E-state index contributed by atoms with van der Waals surface area (Å²) in [5, 5.41) is 68.9. The number of carbonyl (C=O) groups excluding carboxylic acids is 2. The Labute approximate surface area is 499 Å². The third-order valence-corrected chi connectivity index (χ3v) is 25.8. The van der Waals surface area contributed by atoms with E-state index in [1.54, 1.807) is 0 Å². The van der Waals surface area contributed by atoms with E-state index in [1.165, 1.54) is 0 Å². The van der Waals surface area contributed by atoms with Crippen LogP contribution in [0.3, 0.4) is 0 Å². The molecule has 452 valence electrons. The van der Waals surface area contributed by atoms with E-state index in [1.807, 2.05) is 84.9 Å². The second-order valence-corrected chi connectivity index (χ2v) is 29.6. The summed E-state index contributed by atoms with van der Waals surface area (Å²) in [5.74, 6) is 2.99. The average Bonchev–Trinajstić information content (AvgIpc) is 1.60. The van der Waals surface area contributed by atoms with Crippen molar-refractivity contribution >= 4 is 23.1 Å². The Bertz CT molecular complexity index is 2800. The monoisotopic (exact) mass is 1140 g/mol. The van der Waals surface area contributed by atoms with Gasteiger partial charge in [0, 0.05) is 12.8 Å². The van der Waals surface area contributed by atoms with Crippen LogP contribution in [0.25, 0.3) is 11.1 Å². The van der Waals surface area contributed by atoms with E-state index in [0.717, 1.165) is 110 Å². The van der Waals surface area contributed by atoms with Gasteiger partial charge in [-0.3, -0.25) is 9.59 Å². The molecule has 10 heteroatoms. The Morgan fingerprint density at radius 1 is 0.452 bits per heavy atom. The summed E-state index contributed by atoms with van der Waals surface area (Å²) in [7, 11) is 0. The van der Waals surface area contributed by atoms with Crippen molar-refractivity contribution in [1.82, 2.24) is 0 Å². The molecule has 0 amide bonds. The number of carbonyl (C=O) groups is 2. The van der Waals surface area contributed by atoms with Gasteiger partial charge < -0.3 is 40.1 Å². The summed E-state index contributed by atoms with van der Waals surface area (Å²) < 4.78 is 12.1. The predicted octanol–water partition coefficient (Wildman–Crippen LogP) is 13.3. The van der Waals surface area contributed by atoms with Crippen LogP contribution in [0.2, 0.25) is 0 Å². The van der Waals surface area contributed by atoms with E-state index in [0.29, 0.717) is 37.2 Å². The van der Waals surface area contributed by atoms with Crippen molar-refractivity contribution in [3.05, 3.63) is 131 Å². The summed E-state index contributed by atoms with van der Waals surface area (Å²) in [6.45, 7) is 13.7. The van der Waals surface area contributed by atoms with Crippen LogP contribution < -0.4 is 9.47 Å². The van der Waals surface area contributed by atoms with Gasteiger partial charge in [-0.05, 0) is 253 Å². The highest BCUT2D eigenvalue weighted by atomic mass is 16.5. The fourth-order valence-corrected chi connectivity index (χ4v) is 21.2. The molecule has 12 rings (SSSR count). The van der Waals surface area contributed by atoms with Gasteiger partial charge in [0.25, 0.3) is 0 Å². The Hall–Kier alpha value is -4.68. The van der Waals surface area contributed by atoms with Crippen LogP contribution in [0.4, 0.5) is 0 Å². The van der Waals surface area contributed by atoms with Gasteiger partial charge in [0.1, 0.15) is 11.5 Å². The number of ether oxygens (including phenoxy) is 2. The van der Waals surface area contributed by atoms with Crippen molar-refractivity contribution in [1.29, 1.82) is 0 Å². The molecule has 8 saturated carbocycles. The van der Waals surface area contributed by atoms with Gasteiger partial charge in [0.2, 0.25) is 0 Å². The number of aliphatic hydroxyl groups excluding tert-OH is 6. The molecular weight excluding hydrogens is 1050 g/mol. The summed E-state index contributed by atoms with van der Waals surface area (Å²) in [6, 6.07) is 36.1. The summed E-state index contributed by atoms with van der Waals surface area (Å²) in [6.07, 6.45) is 11.2. The van der Waals surface area contributed by atoms with Gasteiger partial charge >= 0.3 is 11.9 Å². The summed E-state index contributed by atoms with van der Waals surface area (Å²) >= 11 is 0. The molecule has 0 unspecified atom stereocenters. The molecule has 6 N–H and O–H groups in total. The van der Waals surface area contributed by atoms with Crippen LogP contribution in [0.5, 0.6) is 11.5 Å². The van der Waals surface area contributed by atoms with E-state index < -0.39 is 24.4 Å². The zero-order valence-electron chi connectivity index (χ0n) is 50.8. The van der Waals surface area contributed by atoms with E-state index in [2.05, 4.69) is 65.8 Å². The Kier molecular flexibility index (Phi) is 16.6. The van der Waals surface area contributed by atoms with Gasteiger partial charge in [-0.2, -0.15) is 0 Å². The van der Waals surface area contributed by atoms with Crippen molar-refractivity contribution in [2.45, 2.75) is 194 Å². The lowest BCUT2D eigenvalue weighted by molar-refractivity contribution is -0.207. The third kappa shape index (κ3) is 10.5. The second-order valence-electron chi connectivity index (χ2n) is 29.6. The van der Waals surface area contributed by atoms with Crippen molar-refractivity contribution < 1.29 is 49.7 Å². The number of aliphatic hydroxyl groups is 6. The molecule has 0 heterocycles. The van der Waals surface area contributed by atoms with E-state index >= 15 is 0 Å². The number of hydrogen-bond donors (Lipinski definition) is 6. The second kappa shape index (κ2) is 23.4. The zero-order chi connectivity index (χ0) is 59.0. The van der Waals surface area contributed by atoms with Crippen LogP contribution >= 0.6 is 0 Å². The van der Waals surface area contributed by atoms with Crippen molar-refractivity contribution in [3.8, 4) is 11.5 Å². The Morgan fingerprint density at radius 2 is 0.810 bits per heavy atom. The molecule has 84 heavy (non-hydrogen) atoms. The summed E-state index contributed by atoms with van der Waals surface area (Å²) in [5.41, 5.74) is 5.26. The van der Waals surface area contributed by atoms with Crippen LogP contribution in [-0.2, 0) is 9.59 Å². The lowest BCUT2D eigenvalue weighted by atomic mass is 9.43. The Balaban J connectivity index is 0.698. The average molecular weight is 1150 g/mol. The first-order chi connectivity index (χ1) is 40.2. The topological polar surface area (TPSA) is 174 Å². The van der Waals surface area contributed by atoms with E-state index in [4.69, 9.17) is 9.47 Å². The largest absolute Gasteiger partial charge is 0.427 e. The van der Waals surface area contributed by atoms with Gasteiger partial charge in [-0.25, -0.2) is 0 Å². The normalized spacial score (nSPS) is 40.5. The fraction of sp³-hybridized carbons (Fsp3) is 0.622. The molecule has 0 spiro atoms. The molecule has 4 aromatic rings. The molecule has 0 radical (unpaired) electrons. The molecule has 8 fully saturated rings. The number of rotatable bonds is 14. The lowest BCUT2D eigenvalue weighted by Crippen LogP contribution is -2.62. The number of hydrogen-bond acceptors (Lipinski definition) is 10. The SMILES string of the molecule is C[C@H](CCC(=O)Oc1ccc(/C(=C(\c2ccccc2)c2ccc(OC(=O)CC[C@@H](C)[C@H]3CC[C@H]4[C@@H]5[C@H](O)C[C@@H]6C[C@H](O)CC[C@]6(C)[C@H]5C[C@H](O)[C@]34C)cc2)c2ccccc2)cc1)[C@H]1CC[C@H]2[C@@H]3[C@H](O)C[C@@H]4C[C@H](O)CC[C@]4(C)[C@H]3C[C@H](O)[C@]12C. The minimum absolute atomic E-state index is 0.0238. The standard InChI is InChI=1S/C74H96O10/c1-43(55-27-29-57-69-59(41-63(79)73(55,57)5)71(3)35-33-51(75)37-49(71)39-61(69)77)17-31-65(81)83-53-23-19-47(20-24-53)67(45-13-9-7-10-14-45)68(46-15-11-8-12-16-46)48-21-25-54(26-22-48)84-66(82)32-18-44(2)56-28-30-58-70-60(42-64(80)74(56,58)6)72(4)36-34-52(76)38-50(72)40-62(70)78/h7-16,19-26,43-44,49-52,55-64,69-70,75-80H,17-18,27-42H2,1-6H3/b68-67+/t43-,44-,49+,50+,51-,52-,55-,56-,57+,58+,59+,60+,61-,62-,63+,64+,69+,70+,71+,72+,73-,74-/m1/s1. The maximum absolute atomic E-state index is 13.7. The highest BCUT2D eigenvalue weighted by Crippen LogP contribution is 2.70. The van der Waals surface area contributed by atoms with Gasteiger partial charge in [0.05, 0.1) is 36.6 Å². The van der Waals surface area contributed by atoms with Gasteiger partial charge in [0.15, 0.2) is 0 Å². The first-order valence-electron chi connectivity index (χ1n) is 32.8. The van der Waals surface area contributed by atoms with Crippen LogP contribution in [-0.4, -0.2) is 79.2 Å². The molecule has 4 aromatic carbocycles.